The standard InChI is InChI=1S/C20H13NO6/c22-19-16(20(23)24)15(10-5-6-13-14(9-10)26-8-7-25-13)18-17(21-19)11-3-1-2-4-12(11)27-18/h1-6,9H,7-8H2,(H,21,22)(H,23,24). The third-order valence-corrected chi connectivity index (χ3v) is 4.58. The number of aromatic amines is 1. The molecule has 0 unspecified atom stereocenters. The summed E-state index contributed by atoms with van der Waals surface area (Å²) in [6, 6.07) is 12.3. The van der Waals surface area contributed by atoms with Crippen LogP contribution >= 0.6 is 0 Å². The maximum Gasteiger partial charge on any atom is 0.342 e. The van der Waals surface area contributed by atoms with Crippen LogP contribution in [0.1, 0.15) is 10.4 Å². The highest BCUT2D eigenvalue weighted by Gasteiger charge is 2.25. The van der Waals surface area contributed by atoms with Gasteiger partial charge in [0, 0.05) is 10.9 Å². The summed E-state index contributed by atoms with van der Waals surface area (Å²) in [5.74, 6) is -0.254. The Morgan fingerprint density at radius 2 is 1.81 bits per heavy atom. The summed E-state index contributed by atoms with van der Waals surface area (Å²) in [6.45, 7) is 0.850. The number of carboxylic acid groups (broad SMARTS) is 1. The van der Waals surface area contributed by atoms with E-state index >= 15 is 0 Å². The number of hydrogen-bond acceptors (Lipinski definition) is 5. The summed E-state index contributed by atoms with van der Waals surface area (Å²) in [4.78, 5) is 27.1. The van der Waals surface area contributed by atoms with Crippen molar-refractivity contribution in [1.29, 1.82) is 0 Å². The molecule has 3 heterocycles. The molecule has 2 N–H and O–H groups in total. The van der Waals surface area contributed by atoms with Gasteiger partial charge in [0.2, 0.25) is 0 Å². The number of carbonyl (C=O) groups is 1. The van der Waals surface area contributed by atoms with Crippen LogP contribution in [-0.4, -0.2) is 29.3 Å². The van der Waals surface area contributed by atoms with Crippen LogP contribution in [0.25, 0.3) is 33.2 Å². The van der Waals surface area contributed by atoms with Gasteiger partial charge < -0.3 is 24.0 Å². The number of H-pyrrole nitrogens is 1. The molecule has 1 aliphatic rings. The largest absolute Gasteiger partial charge is 0.486 e. The normalized spacial score (nSPS) is 13.2. The highest BCUT2D eigenvalue weighted by molar-refractivity contribution is 6.11. The minimum absolute atomic E-state index is 0.217. The van der Waals surface area contributed by atoms with Gasteiger partial charge in [-0.05, 0) is 29.8 Å². The summed E-state index contributed by atoms with van der Waals surface area (Å²) >= 11 is 0. The van der Waals surface area contributed by atoms with Crippen LogP contribution in [0.5, 0.6) is 11.5 Å². The molecule has 2 aromatic heterocycles. The SMILES string of the molecule is O=C(O)c1c(-c2ccc3c(c2)OCCO3)c2oc3ccccc3c2[nH]c1=O. The van der Waals surface area contributed by atoms with Gasteiger partial charge in [-0.15, -0.1) is 0 Å². The molecule has 5 rings (SSSR count). The fraction of sp³-hybridized carbons (Fsp3) is 0.100. The number of rotatable bonds is 2. The van der Waals surface area contributed by atoms with Gasteiger partial charge in [-0.25, -0.2) is 4.79 Å². The number of fused-ring (bicyclic) bond motifs is 4. The minimum Gasteiger partial charge on any atom is -0.486 e. The Kier molecular flexibility index (Phi) is 3.24. The number of furan rings is 1. The van der Waals surface area contributed by atoms with Crippen LogP contribution in [0, 0.1) is 0 Å². The molecule has 7 heteroatoms. The van der Waals surface area contributed by atoms with Gasteiger partial charge in [0.05, 0.1) is 5.52 Å². The van der Waals surface area contributed by atoms with Crippen LogP contribution in [0.3, 0.4) is 0 Å². The third-order valence-electron chi connectivity index (χ3n) is 4.58. The van der Waals surface area contributed by atoms with E-state index in [0.717, 1.165) is 0 Å². The monoisotopic (exact) mass is 363 g/mol. The summed E-state index contributed by atoms with van der Waals surface area (Å²) in [5, 5.41) is 10.4. The van der Waals surface area contributed by atoms with E-state index in [1.54, 1.807) is 24.3 Å². The Balaban J connectivity index is 1.90. The molecule has 0 bridgehead atoms. The fourth-order valence-electron chi connectivity index (χ4n) is 3.43. The number of benzene rings is 2. The maximum absolute atomic E-state index is 12.6. The van der Waals surface area contributed by atoms with Crippen LogP contribution < -0.4 is 15.0 Å². The van der Waals surface area contributed by atoms with Gasteiger partial charge in [0.15, 0.2) is 17.1 Å². The average molecular weight is 363 g/mol. The molecule has 0 fully saturated rings. The van der Waals surface area contributed by atoms with Crippen molar-refractivity contribution in [3.8, 4) is 22.6 Å². The second-order valence-electron chi connectivity index (χ2n) is 6.17. The van der Waals surface area contributed by atoms with Crippen LogP contribution in [0.15, 0.2) is 51.7 Å². The Morgan fingerprint density at radius 3 is 2.63 bits per heavy atom. The van der Waals surface area contributed by atoms with Crippen LogP contribution in [0.2, 0.25) is 0 Å². The van der Waals surface area contributed by atoms with Gasteiger partial charge in [-0.2, -0.15) is 0 Å². The first kappa shape index (κ1) is 15.5. The van der Waals surface area contributed by atoms with Gasteiger partial charge in [0.25, 0.3) is 5.56 Å². The fourth-order valence-corrected chi connectivity index (χ4v) is 3.43. The lowest BCUT2D eigenvalue weighted by atomic mass is 9.99. The molecule has 0 spiro atoms. The topological polar surface area (TPSA) is 102 Å². The molecular formula is C20H13NO6. The van der Waals surface area contributed by atoms with E-state index in [2.05, 4.69) is 4.98 Å². The van der Waals surface area contributed by atoms with Crippen molar-refractivity contribution < 1.29 is 23.8 Å². The lowest BCUT2D eigenvalue weighted by Gasteiger charge is -2.19. The predicted molar refractivity (Wildman–Crippen MR) is 97.7 cm³/mol. The van der Waals surface area contributed by atoms with Crippen molar-refractivity contribution in [3.05, 3.63) is 58.4 Å². The zero-order valence-corrected chi connectivity index (χ0v) is 13.9. The number of aromatic carboxylic acids is 1. The van der Waals surface area contributed by atoms with Crippen molar-refractivity contribution in [2.24, 2.45) is 0 Å². The molecule has 7 nitrogen and oxygen atoms in total. The number of para-hydroxylation sites is 1. The Bertz CT molecular complexity index is 1280. The molecule has 0 atom stereocenters. The molecule has 0 amide bonds. The predicted octanol–water partition coefficient (Wildman–Crippen LogP) is 3.41. The molecule has 134 valence electrons. The lowest BCUT2D eigenvalue weighted by Crippen LogP contribution is -2.19. The van der Waals surface area contributed by atoms with E-state index in [0.29, 0.717) is 52.3 Å². The second kappa shape index (κ2) is 5.63. The Hall–Kier alpha value is -3.74. The van der Waals surface area contributed by atoms with E-state index in [9.17, 15) is 14.7 Å². The van der Waals surface area contributed by atoms with E-state index in [1.807, 2.05) is 18.2 Å². The van der Waals surface area contributed by atoms with Gasteiger partial charge in [0.1, 0.15) is 24.4 Å². The second-order valence-corrected chi connectivity index (χ2v) is 6.17. The highest BCUT2D eigenvalue weighted by Crippen LogP contribution is 2.39. The number of nitrogens with one attached hydrogen (secondary N) is 1. The van der Waals surface area contributed by atoms with E-state index < -0.39 is 11.5 Å². The van der Waals surface area contributed by atoms with E-state index in [-0.39, 0.29) is 11.1 Å². The minimum atomic E-state index is -1.33. The summed E-state index contributed by atoms with van der Waals surface area (Å²) in [7, 11) is 0. The van der Waals surface area contributed by atoms with Crippen LogP contribution in [-0.2, 0) is 0 Å². The molecule has 2 aromatic carbocycles. The quantitative estimate of drug-likeness (QED) is 0.566. The van der Waals surface area contributed by atoms with Crippen LogP contribution in [0.4, 0.5) is 0 Å². The number of carboxylic acids is 1. The number of pyridine rings is 1. The molecule has 1 aliphatic heterocycles. The lowest BCUT2D eigenvalue weighted by molar-refractivity contribution is 0.0696. The van der Waals surface area contributed by atoms with E-state index in [1.165, 1.54) is 0 Å². The molecule has 0 aliphatic carbocycles. The first-order valence-electron chi connectivity index (χ1n) is 8.34. The molecular weight excluding hydrogens is 350 g/mol. The summed E-state index contributed by atoms with van der Waals surface area (Å²) in [5.41, 5.74) is 0.991. The van der Waals surface area contributed by atoms with Gasteiger partial charge in [-0.3, -0.25) is 4.79 Å². The number of ether oxygens (including phenoxy) is 2. The number of aromatic nitrogens is 1. The van der Waals surface area contributed by atoms with Crippen molar-refractivity contribution in [3.63, 3.8) is 0 Å². The van der Waals surface area contributed by atoms with Crippen molar-refractivity contribution in [1.82, 2.24) is 4.98 Å². The van der Waals surface area contributed by atoms with Crippen molar-refractivity contribution in [2.45, 2.75) is 0 Å². The van der Waals surface area contributed by atoms with Crippen molar-refractivity contribution in [2.75, 3.05) is 13.2 Å². The first-order valence-corrected chi connectivity index (χ1v) is 8.34. The van der Waals surface area contributed by atoms with Gasteiger partial charge >= 0.3 is 5.97 Å². The molecule has 27 heavy (non-hydrogen) atoms. The molecule has 0 saturated carbocycles. The zero-order chi connectivity index (χ0) is 18.5. The van der Waals surface area contributed by atoms with Crippen molar-refractivity contribution >= 4 is 28.0 Å². The first-order chi connectivity index (χ1) is 13.1. The zero-order valence-electron chi connectivity index (χ0n) is 13.9. The average Bonchev–Trinajstić information content (AvgIpc) is 3.04. The Labute approximate surface area is 151 Å². The van der Waals surface area contributed by atoms with E-state index in [4.69, 9.17) is 13.9 Å². The highest BCUT2D eigenvalue weighted by atomic mass is 16.6. The van der Waals surface area contributed by atoms with Gasteiger partial charge in [-0.1, -0.05) is 18.2 Å². The number of hydrogen-bond donors (Lipinski definition) is 2. The smallest absolute Gasteiger partial charge is 0.342 e. The summed E-state index contributed by atoms with van der Waals surface area (Å²) < 4.78 is 17.0. The Morgan fingerprint density at radius 1 is 1.04 bits per heavy atom. The molecule has 4 aromatic rings. The third kappa shape index (κ3) is 2.28. The molecule has 0 saturated heterocycles. The summed E-state index contributed by atoms with van der Waals surface area (Å²) in [6.07, 6.45) is 0. The molecule has 0 radical (unpaired) electrons. The maximum atomic E-state index is 12.6.